The van der Waals surface area contributed by atoms with E-state index < -0.39 is 0 Å². The van der Waals surface area contributed by atoms with Gasteiger partial charge in [-0.25, -0.2) is 0 Å². The fourth-order valence-electron chi connectivity index (χ4n) is 2.38. The molecule has 2 unspecified atom stereocenters. The first-order chi connectivity index (χ1) is 7.07. The second-order valence-corrected chi connectivity index (χ2v) is 5.31. The fourth-order valence-corrected chi connectivity index (χ4v) is 2.38. The Labute approximate surface area is 94.2 Å². The predicted octanol–water partition coefficient (Wildman–Crippen LogP) is 1.34. The molecule has 0 aliphatic carbocycles. The molecular formula is C12H26N2O. The van der Waals surface area contributed by atoms with Crippen molar-refractivity contribution in [3.8, 4) is 0 Å². The highest BCUT2D eigenvalue weighted by molar-refractivity contribution is 4.84. The zero-order valence-corrected chi connectivity index (χ0v) is 10.7. The Hall–Kier alpha value is -0.120. The third-order valence-corrected chi connectivity index (χ3v) is 3.48. The van der Waals surface area contributed by atoms with Crippen LogP contribution in [0.2, 0.25) is 0 Å². The second kappa shape index (κ2) is 5.83. The van der Waals surface area contributed by atoms with E-state index in [0.29, 0.717) is 11.5 Å². The highest BCUT2D eigenvalue weighted by Gasteiger charge is 2.29. The van der Waals surface area contributed by atoms with E-state index in [1.807, 2.05) is 0 Å². The molecule has 15 heavy (non-hydrogen) atoms. The predicted molar refractivity (Wildman–Crippen MR) is 64.2 cm³/mol. The van der Waals surface area contributed by atoms with E-state index in [1.54, 1.807) is 7.11 Å². The van der Waals surface area contributed by atoms with Gasteiger partial charge in [-0.05, 0) is 38.8 Å². The first kappa shape index (κ1) is 12.9. The van der Waals surface area contributed by atoms with Gasteiger partial charge in [-0.1, -0.05) is 6.92 Å². The molecule has 1 fully saturated rings. The Morgan fingerprint density at radius 1 is 1.53 bits per heavy atom. The van der Waals surface area contributed by atoms with E-state index in [0.717, 1.165) is 19.7 Å². The molecule has 0 saturated carbocycles. The van der Waals surface area contributed by atoms with E-state index in [4.69, 9.17) is 4.74 Å². The molecule has 1 heterocycles. The van der Waals surface area contributed by atoms with Gasteiger partial charge in [0.2, 0.25) is 0 Å². The van der Waals surface area contributed by atoms with Crippen molar-refractivity contribution in [3.05, 3.63) is 0 Å². The maximum atomic E-state index is 5.19. The van der Waals surface area contributed by atoms with Crippen molar-refractivity contribution in [2.24, 2.45) is 5.41 Å². The van der Waals surface area contributed by atoms with Crippen molar-refractivity contribution in [2.45, 2.75) is 32.7 Å². The van der Waals surface area contributed by atoms with Crippen LogP contribution in [0.3, 0.4) is 0 Å². The summed E-state index contributed by atoms with van der Waals surface area (Å²) >= 11 is 0. The van der Waals surface area contributed by atoms with E-state index in [2.05, 4.69) is 31.1 Å². The number of hydrogen-bond acceptors (Lipinski definition) is 3. The summed E-state index contributed by atoms with van der Waals surface area (Å²) in [5.41, 5.74) is 0.439. The maximum absolute atomic E-state index is 5.19. The standard InChI is InChI=1S/C12H26N2O/c1-11(8-15-4)14(3)10-12(2)6-5-7-13-9-12/h11,13H,5-10H2,1-4H3. The number of nitrogens with zero attached hydrogens (tertiary/aromatic N) is 1. The number of ether oxygens (including phenoxy) is 1. The van der Waals surface area contributed by atoms with Crippen molar-refractivity contribution in [3.63, 3.8) is 0 Å². The molecule has 0 radical (unpaired) electrons. The summed E-state index contributed by atoms with van der Waals surface area (Å²) in [6, 6.07) is 0.508. The van der Waals surface area contributed by atoms with Gasteiger partial charge in [0, 0.05) is 26.2 Å². The Morgan fingerprint density at radius 3 is 2.80 bits per heavy atom. The summed E-state index contributed by atoms with van der Waals surface area (Å²) in [4.78, 5) is 2.41. The van der Waals surface area contributed by atoms with Crippen LogP contribution in [0.25, 0.3) is 0 Å². The van der Waals surface area contributed by atoms with E-state index >= 15 is 0 Å². The first-order valence-corrected chi connectivity index (χ1v) is 5.97. The van der Waals surface area contributed by atoms with Crippen LogP contribution in [0, 0.1) is 5.41 Å². The summed E-state index contributed by atoms with van der Waals surface area (Å²) in [5.74, 6) is 0. The van der Waals surface area contributed by atoms with Crippen molar-refractivity contribution >= 4 is 0 Å². The smallest absolute Gasteiger partial charge is 0.0615 e. The van der Waals surface area contributed by atoms with Gasteiger partial charge in [0.05, 0.1) is 6.61 Å². The lowest BCUT2D eigenvalue weighted by atomic mass is 9.82. The Kier molecular flexibility index (Phi) is 5.03. The van der Waals surface area contributed by atoms with Crippen molar-refractivity contribution in [1.82, 2.24) is 10.2 Å². The van der Waals surface area contributed by atoms with Crippen molar-refractivity contribution in [2.75, 3.05) is 40.4 Å². The lowest BCUT2D eigenvalue weighted by Crippen LogP contribution is -2.47. The average Bonchev–Trinajstić information content (AvgIpc) is 2.18. The van der Waals surface area contributed by atoms with Crippen LogP contribution in [-0.2, 0) is 4.74 Å². The van der Waals surface area contributed by atoms with Crippen LogP contribution < -0.4 is 5.32 Å². The van der Waals surface area contributed by atoms with Gasteiger partial charge in [-0.2, -0.15) is 0 Å². The molecular weight excluding hydrogens is 188 g/mol. The maximum Gasteiger partial charge on any atom is 0.0615 e. The zero-order chi connectivity index (χ0) is 11.3. The molecule has 1 aliphatic rings. The van der Waals surface area contributed by atoms with Crippen LogP contribution >= 0.6 is 0 Å². The van der Waals surface area contributed by atoms with Crippen LogP contribution in [0.5, 0.6) is 0 Å². The molecule has 0 spiro atoms. The monoisotopic (exact) mass is 214 g/mol. The molecule has 0 amide bonds. The van der Waals surface area contributed by atoms with E-state index in [1.165, 1.54) is 19.4 Å². The third-order valence-electron chi connectivity index (χ3n) is 3.48. The fraction of sp³-hybridized carbons (Fsp3) is 1.00. The molecule has 0 aromatic rings. The Morgan fingerprint density at radius 2 is 2.27 bits per heavy atom. The number of nitrogens with one attached hydrogen (secondary N) is 1. The molecule has 0 aromatic heterocycles. The minimum atomic E-state index is 0.439. The molecule has 0 bridgehead atoms. The highest BCUT2D eigenvalue weighted by Crippen LogP contribution is 2.26. The normalized spacial score (nSPS) is 29.4. The van der Waals surface area contributed by atoms with Crippen LogP contribution in [0.15, 0.2) is 0 Å². The molecule has 90 valence electrons. The van der Waals surface area contributed by atoms with Crippen LogP contribution in [0.1, 0.15) is 26.7 Å². The number of rotatable bonds is 5. The minimum absolute atomic E-state index is 0.439. The van der Waals surface area contributed by atoms with Gasteiger partial charge >= 0.3 is 0 Å². The Balaban J connectivity index is 2.37. The van der Waals surface area contributed by atoms with Gasteiger partial charge in [0.25, 0.3) is 0 Å². The summed E-state index contributed by atoms with van der Waals surface area (Å²) in [6.45, 7) is 8.92. The summed E-state index contributed by atoms with van der Waals surface area (Å²) < 4.78 is 5.19. The van der Waals surface area contributed by atoms with Crippen molar-refractivity contribution in [1.29, 1.82) is 0 Å². The van der Waals surface area contributed by atoms with Gasteiger partial charge < -0.3 is 15.0 Å². The van der Waals surface area contributed by atoms with Gasteiger partial charge in [-0.3, -0.25) is 0 Å². The molecule has 0 aromatic carbocycles. The SMILES string of the molecule is COCC(C)N(C)CC1(C)CCCNC1. The summed E-state index contributed by atoms with van der Waals surface area (Å²) in [5, 5.41) is 3.49. The average molecular weight is 214 g/mol. The quantitative estimate of drug-likeness (QED) is 0.747. The van der Waals surface area contributed by atoms with Crippen LogP contribution in [0.4, 0.5) is 0 Å². The molecule has 3 nitrogen and oxygen atoms in total. The number of piperidine rings is 1. The highest BCUT2D eigenvalue weighted by atomic mass is 16.5. The van der Waals surface area contributed by atoms with Gasteiger partial charge in [-0.15, -0.1) is 0 Å². The van der Waals surface area contributed by atoms with E-state index in [9.17, 15) is 0 Å². The molecule has 1 saturated heterocycles. The number of methoxy groups -OCH3 is 1. The molecule has 1 aliphatic heterocycles. The number of likely N-dealkylation sites (N-methyl/N-ethyl adjacent to an activating group) is 1. The lowest BCUT2D eigenvalue weighted by molar-refractivity contribution is 0.0759. The van der Waals surface area contributed by atoms with Gasteiger partial charge in [0.1, 0.15) is 0 Å². The summed E-state index contributed by atoms with van der Waals surface area (Å²) in [6.07, 6.45) is 2.65. The summed E-state index contributed by atoms with van der Waals surface area (Å²) in [7, 11) is 3.97. The first-order valence-electron chi connectivity index (χ1n) is 5.97. The molecule has 1 N–H and O–H groups in total. The second-order valence-electron chi connectivity index (χ2n) is 5.31. The van der Waals surface area contributed by atoms with Crippen molar-refractivity contribution < 1.29 is 4.74 Å². The molecule has 2 atom stereocenters. The Bertz CT molecular complexity index is 178. The van der Waals surface area contributed by atoms with Gasteiger partial charge in [0.15, 0.2) is 0 Å². The number of hydrogen-bond donors (Lipinski definition) is 1. The minimum Gasteiger partial charge on any atom is -0.383 e. The zero-order valence-electron chi connectivity index (χ0n) is 10.7. The van der Waals surface area contributed by atoms with Crippen LogP contribution in [-0.4, -0.2) is 51.3 Å². The largest absolute Gasteiger partial charge is 0.383 e. The molecule has 3 heteroatoms. The topological polar surface area (TPSA) is 24.5 Å². The molecule has 1 rings (SSSR count). The third kappa shape index (κ3) is 4.09. The van der Waals surface area contributed by atoms with E-state index in [-0.39, 0.29) is 0 Å². The lowest BCUT2D eigenvalue weighted by Gasteiger charge is -2.39.